The van der Waals surface area contributed by atoms with Gasteiger partial charge in [0.05, 0.1) is 19.3 Å². The predicted molar refractivity (Wildman–Crippen MR) is 251 cm³/mol. The number of nitrogens with zero attached hydrogens (tertiary/aromatic N) is 2. The van der Waals surface area contributed by atoms with Gasteiger partial charge in [0, 0.05) is 25.0 Å². The molecular weight excluding hydrogens is 705 g/mol. The van der Waals surface area contributed by atoms with Crippen LogP contribution in [0.1, 0.15) is 216 Å². The molecule has 6 nitrogen and oxygen atoms in total. The number of aliphatic carboxylic acids is 2. The first-order chi connectivity index (χ1) is 25.1. The van der Waals surface area contributed by atoms with Gasteiger partial charge in [-0.2, -0.15) is 0 Å². The zero-order valence-electron chi connectivity index (χ0n) is 42.4. The molecular formula is C51H99N2O4-. The normalized spacial score (nSPS) is 13.8. The number of hydrogen-bond donors (Lipinski definition) is 1. The summed E-state index contributed by atoms with van der Waals surface area (Å²) >= 11 is 0. The molecule has 0 bridgehead atoms. The molecule has 1 N–H and O–H groups in total. The van der Waals surface area contributed by atoms with Gasteiger partial charge in [-0.3, -0.25) is 9.79 Å². The lowest BCUT2D eigenvalue weighted by atomic mass is 9.81. The highest BCUT2D eigenvalue weighted by Gasteiger charge is 2.18. The van der Waals surface area contributed by atoms with E-state index in [0.717, 1.165) is 25.9 Å². The minimum Gasteiger partial charge on any atom is -0.550 e. The van der Waals surface area contributed by atoms with Crippen LogP contribution in [0.2, 0.25) is 0 Å². The Kier molecular flexibility index (Phi) is 30.3. The lowest BCUT2D eigenvalue weighted by Crippen LogP contribution is -2.32. The molecule has 1 aliphatic heterocycles. The van der Waals surface area contributed by atoms with Crippen molar-refractivity contribution in [2.45, 2.75) is 216 Å². The fraction of sp³-hybridized carbons (Fsp3) is 0.824. The summed E-state index contributed by atoms with van der Waals surface area (Å²) in [5.74, 6) is -3.20. The summed E-state index contributed by atoms with van der Waals surface area (Å²) in [6.45, 7) is 54.4. The lowest BCUT2D eigenvalue weighted by molar-refractivity contribution is -0.312. The summed E-state index contributed by atoms with van der Waals surface area (Å²) in [5.41, 5.74) is 4.34. The maximum atomic E-state index is 10.6. The van der Waals surface area contributed by atoms with Crippen molar-refractivity contribution in [3.63, 3.8) is 0 Å². The maximum absolute atomic E-state index is 10.6. The van der Waals surface area contributed by atoms with Crippen LogP contribution >= 0.6 is 0 Å². The van der Waals surface area contributed by atoms with Crippen molar-refractivity contribution in [3.8, 4) is 0 Å². The largest absolute Gasteiger partial charge is 0.550 e. The van der Waals surface area contributed by atoms with Crippen molar-refractivity contribution in [2.75, 3.05) is 19.6 Å². The number of hydrogen-bond acceptors (Lipinski definition) is 5. The van der Waals surface area contributed by atoms with E-state index < -0.39 is 17.9 Å². The van der Waals surface area contributed by atoms with Gasteiger partial charge in [-0.1, -0.05) is 196 Å². The van der Waals surface area contributed by atoms with Gasteiger partial charge >= 0.3 is 5.97 Å². The van der Waals surface area contributed by atoms with Crippen LogP contribution in [0.3, 0.4) is 0 Å². The number of carbonyl (C=O) groups is 2. The Bertz CT molecular complexity index is 1130. The van der Waals surface area contributed by atoms with Gasteiger partial charge < -0.3 is 19.9 Å². The van der Waals surface area contributed by atoms with E-state index in [1.807, 2.05) is 6.34 Å². The van der Waals surface area contributed by atoms with E-state index >= 15 is 0 Å². The van der Waals surface area contributed by atoms with Gasteiger partial charge in [-0.15, -0.1) is 0 Å². The van der Waals surface area contributed by atoms with Gasteiger partial charge in [-0.25, -0.2) is 0 Å². The number of carboxylic acid groups (broad SMARTS) is 2. The second kappa shape index (κ2) is 28.2. The van der Waals surface area contributed by atoms with E-state index in [4.69, 9.17) is 5.11 Å². The van der Waals surface area contributed by atoms with Crippen molar-refractivity contribution < 1.29 is 19.8 Å². The maximum Gasteiger partial charge on any atom is 0.304 e. The average molecular weight is 804 g/mol. The number of carboxylic acids is 2. The minimum absolute atomic E-state index is 0.152. The molecule has 1 aromatic rings. The molecule has 0 aliphatic carbocycles. The van der Waals surface area contributed by atoms with Crippen LogP contribution in [0.25, 0.3) is 0 Å². The summed E-state index contributed by atoms with van der Waals surface area (Å²) in [5, 5.41) is 19.1. The summed E-state index contributed by atoms with van der Waals surface area (Å²) in [6.07, 6.45) is 8.88. The van der Waals surface area contributed by atoms with Crippen LogP contribution in [0.4, 0.5) is 0 Å². The van der Waals surface area contributed by atoms with Crippen LogP contribution in [-0.4, -0.2) is 47.9 Å². The smallest absolute Gasteiger partial charge is 0.304 e. The summed E-state index contributed by atoms with van der Waals surface area (Å²) in [7, 11) is 0. The summed E-state index contributed by atoms with van der Waals surface area (Å²) in [4.78, 5) is 27.5. The third-order valence-corrected chi connectivity index (χ3v) is 7.63. The molecule has 0 saturated heterocycles. The molecule has 1 atom stereocenters. The third-order valence-electron chi connectivity index (χ3n) is 7.63. The highest BCUT2D eigenvalue weighted by atomic mass is 16.4. The molecule has 0 spiro atoms. The molecule has 1 unspecified atom stereocenters. The number of aliphatic imine (C=N–C) groups is 1. The lowest BCUT2D eigenvalue weighted by Gasteiger charge is -2.24. The Morgan fingerprint density at radius 1 is 0.632 bits per heavy atom. The Morgan fingerprint density at radius 2 is 1.00 bits per heavy atom. The van der Waals surface area contributed by atoms with Crippen LogP contribution in [0.5, 0.6) is 0 Å². The van der Waals surface area contributed by atoms with E-state index in [-0.39, 0.29) is 11.8 Å². The predicted octanol–water partition coefficient (Wildman–Crippen LogP) is 14.1. The van der Waals surface area contributed by atoms with E-state index in [9.17, 15) is 14.7 Å². The second-order valence-corrected chi connectivity index (χ2v) is 25.0. The molecule has 338 valence electrons. The molecule has 1 aromatic carbocycles. The monoisotopic (exact) mass is 804 g/mol. The first-order valence-electron chi connectivity index (χ1n) is 21.8. The third kappa shape index (κ3) is 63.0. The Labute approximate surface area is 356 Å². The van der Waals surface area contributed by atoms with Gasteiger partial charge in [0.1, 0.15) is 0 Å². The topological polar surface area (TPSA) is 93.0 Å². The number of carbonyl (C=O) groups excluding carboxylic acids is 1. The molecule has 1 aliphatic rings. The van der Waals surface area contributed by atoms with Crippen LogP contribution in [-0.2, 0) is 15.0 Å². The Balaban J connectivity index is -0.000000307. The fourth-order valence-electron chi connectivity index (χ4n) is 4.48. The zero-order valence-corrected chi connectivity index (χ0v) is 42.4. The molecule has 57 heavy (non-hydrogen) atoms. The zero-order chi connectivity index (χ0) is 46.1. The molecule has 0 fully saturated rings. The summed E-state index contributed by atoms with van der Waals surface area (Å²) in [6, 6.07) is 10.6. The van der Waals surface area contributed by atoms with E-state index in [2.05, 4.69) is 199 Å². The molecule has 6 heteroatoms. The van der Waals surface area contributed by atoms with Gasteiger partial charge in [0.15, 0.2) is 0 Å². The quantitative estimate of drug-likeness (QED) is 0.254. The van der Waals surface area contributed by atoms with Crippen molar-refractivity contribution in [2.24, 2.45) is 43.4 Å². The van der Waals surface area contributed by atoms with Gasteiger partial charge in [-0.05, 0) is 82.0 Å². The first-order valence-corrected chi connectivity index (χ1v) is 21.8. The highest BCUT2D eigenvalue weighted by Crippen LogP contribution is 2.29. The number of benzene rings is 1. The average Bonchev–Trinajstić information content (AvgIpc) is 3.46. The molecule has 1 heterocycles. The minimum atomic E-state index is -1.26. The van der Waals surface area contributed by atoms with Crippen LogP contribution in [0, 0.1) is 38.4 Å². The van der Waals surface area contributed by atoms with Gasteiger partial charge in [0.2, 0.25) is 0 Å². The van der Waals surface area contributed by atoms with Crippen molar-refractivity contribution in [1.82, 2.24) is 4.90 Å². The Morgan fingerprint density at radius 3 is 1.26 bits per heavy atom. The SMILES string of the molecule is CC(C)(C)C.CC(C)(C)C.CC(C)(C)CCC(C)(C)C.CC(C)(C)CCCC(CC(=O)O)C(=O)[O-].CC(C)(C)CCCN1C=NCC1.CC(C)(C)c1ccccc1. The molecule has 2 rings (SSSR count). The van der Waals surface area contributed by atoms with Crippen molar-refractivity contribution in [3.05, 3.63) is 35.9 Å². The first kappa shape index (κ1) is 61.3. The van der Waals surface area contributed by atoms with Crippen molar-refractivity contribution in [1.29, 1.82) is 0 Å². The highest BCUT2D eigenvalue weighted by molar-refractivity contribution is 5.76. The fourth-order valence-corrected chi connectivity index (χ4v) is 4.48. The van der Waals surface area contributed by atoms with E-state index in [0.29, 0.717) is 38.9 Å². The van der Waals surface area contributed by atoms with Crippen LogP contribution < -0.4 is 5.11 Å². The molecule has 0 saturated carbocycles. The second-order valence-electron chi connectivity index (χ2n) is 25.0. The molecule has 0 amide bonds. The van der Waals surface area contributed by atoms with E-state index in [1.165, 1.54) is 37.8 Å². The van der Waals surface area contributed by atoms with Crippen LogP contribution in [0.15, 0.2) is 35.3 Å². The van der Waals surface area contributed by atoms with Crippen molar-refractivity contribution >= 4 is 18.3 Å². The number of rotatable bonds is 10. The van der Waals surface area contributed by atoms with Gasteiger partial charge in [0.25, 0.3) is 0 Å². The molecule has 0 aromatic heterocycles. The standard InChI is InChI=1S/C11H20O4.C10H20N2.C10H14.C10H22.2C5H12/c1-11(2,3)6-4-5-8(10(14)15)7-9(12)13;1-10(2,3)5-4-7-12-8-6-11-9-12;1-10(2,3)9-7-5-4-6-8-9;1-9(2,3)7-8-10(4,5)6;2*1-5(2,3)4/h8H,4-7H2,1-3H3,(H,12,13)(H,14,15);9H,4-8H2,1-3H3;4-8H,1-3H3;7-8H2,1-6H3;2*1-4H3/p-1. The molecule has 0 radical (unpaired) electrons. The summed E-state index contributed by atoms with van der Waals surface area (Å²) < 4.78 is 0. The Hall–Kier alpha value is -2.37. The van der Waals surface area contributed by atoms with E-state index in [1.54, 1.807) is 0 Å².